The van der Waals surface area contributed by atoms with Crippen molar-refractivity contribution in [1.29, 1.82) is 0 Å². The molecule has 132 valence electrons. The highest BCUT2D eigenvalue weighted by Crippen LogP contribution is 2.16. The van der Waals surface area contributed by atoms with Crippen LogP contribution in [0.25, 0.3) is 0 Å². The molecule has 0 saturated carbocycles. The lowest BCUT2D eigenvalue weighted by Crippen LogP contribution is -2.45. The van der Waals surface area contributed by atoms with Crippen LogP contribution in [0.15, 0.2) is 48.5 Å². The molecule has 0 saturated heterocycles. The summed E-state index contributed by atoms with van der Waals surface area (Å²) in [6, 6.07) is 14.9. The van der Waals surface area contributed by atoms with Crippen molar-refractivity contribution in [2.75, 3.05) is 19.0 Å². The molecule has 0 spiro atoms. The molecule has 25 heavy (non-hydrogen) atoms. The Morgan fingerprint density at radius 1 is 1.08 bits per heavy atom. The fourth-order valence-electron chi connectivity index (χ4n) is 2.01. The molecule has 1 amide bonds. The highest BCUT2D eigenvalue weighted by atomic mass is 32.1. The Hall–Kier alpha value is -2.80. The molecule has 0 radical (unpaired) electrons. The third kappa shape index (κ3) is 6.31. The zero-order chi connectivity index (χ0) is 18.1. The van der Waals surface area contributed by atoms with Gasteiger partial charge in [0.25, 0.3) is 5.91 Å². The van der Waals surface area contributed by atoms with Crippen molar-refractivity contribution in [2.45, 2.75) is 13.3 Å². The van der Waals surface area contributed by atoms with Gasteiger partial charge in [-0.15, -0.1) is 0 Å². The Morgan fingerprint density at radius 3 is 2.48 bits per heavy atom. The molecule has 0 heterocycles. The number of benzene rings is 2. The number of amides is 1. The highest BCUT2D eigenvalue weighted by Gasteiger charge is 2.04. The lowest BCUT2D eigenvalue weighted by molar-refractivity contribution is -0.123. The van der Waals surface area contributed by atoms with Gasteiger partial charge < -0.3 is 14.8 Å². The molecule has 2 rings (SSSR count). The highest BCUT2D eigenvalue weighted by molar-refractivity contribution is 7.80. The topological polar surface area (TPSA) is 71.6 Å². The number of ether oxygens (including phenoxy) is 2. The normalized spacial score (nSPS) is 9.84. The van der Waals surface area contributed by atoms with E-state index >= 15 is 0 Å². The van der Waals surface area contributed by atoms with E-state index in [9.17, 15) is 4.79 Å². The van der Waals surface area contributed by atoms with Crippen molar-refractivity contribution in [3.05, 3.63) is 54.1 Å². The maximum atomic E-state index is 11.8. The monoisotopic (exact) mass is 359 g/mol. The van der Waals surface area contributed by atoms with Crippen LogP contribution in [0, 0.1) is 0 Å². The number of methoxy groups -OCH3 is 1. The van der Waals surface area contributed by atoms with E-state index in [2.05, 4.69) is 23.1 Å². The second-order valence-electron chi connectivity index (χ2n) is 5.15. The van der Waals surface area contributed by atoms with Crippen molar-refractivity contribution < 1.29 is 14.3 Å². The third-order valence-electron chi connectivity index (χ3n) is 3.34. The zero-order valence-electron chi connectivity index (χ0n) is 14.2. The summed E-state index contributed by atoms with van der Waals surface area (Å²) >= 11 is 5.15. The van der Waals surface area contributed by atoms with Crippen LogP contribution < -0.4 is 25.6 Å². The van der Waals surface area contributed by atoms with Gasteiger partial charge in [-0.25, -0.2) is 0 Å². The largest absolute Gasteiger partial charge is 0.497 e. The van der Waals surface area contributed by atoms with E-state index < -0.39 is 0 Å². The summed E-state index contributed by atoms with van der Waals surface area (Å²) in [4.78, 5) is 11.8. The van der Waals surface area contributed by atoms with E-state index in [0.717, 1.165) is 17.9 Å². The van der Waals surface area contributed by atoms with Gasteiger partial charge in [0.1, 0.15) is 11.5 Å². The molecule has 0 unspecified atom stereocenters. The van der Waals surface area contributed by atoms with Gasteiger partial charge in [-0.2, -0.15) is 0 Å². The van der Waals surface area contributed by atoms with Gasteiger partial charge in [0.15, 0.2) is 11.7 Å². The van der Waals surface area contributed by atoms with Gasteiger partial charge in [0.05, 0.1) is 7.11 Å². The van der Waals surface area contributed by atoms with Crippen LogP contribution in [0.1, 0.15) is 12.5 Å². The number of hydrogen-bond donors (Lipinski definition) is 3. The minimum atomic E-state index is -0.345. The van der Waals surface area contributed by atoms with Gasteiger partial charge in [0.2, 0.25) is 0 Å². The molecule has 0 atom stereocenters. The smallest absolute Gasteiger partial charge is 0.276 e. The van der Waals surface area contributed by atoms with Crippen LogP contribution in [0.4, 0.5) is 5.69 Å². The third-order valence-corrected chi connectivity index (χ3v) is 3.54. The second-order valence-corrected chi connectivity index (χ2v) is 5.55. The molecule has 2 aromatic rings. The van der Waals surface area contributed by atoms with E-state index in [-0.39, 0.29) is 12.5 Å². The molecule has 7 heteroatoms. The van der Waals surface area contributed by atoms with Crippen LogP contribution in [0.5, 0.6) is 11.5 Å². The van der Waals surface area contributed by atoms with Crippen molar-refractivity contribution in [3.8, 4) is 11.5 Å². The number of aryl methyl sites for hydroxylation is 1. The number of rotatable bonds is 6. The Balaban J connectivity index is 1.72. The molecule has 6 nitrogen and oxygen atoms in total. The standard InChI is InChI=1S/C18H21N3O3S/c1-3-13-5-4-6-14(11-13)19-18(25)21-20-17(22)12-24-16-9-7-15(23-2)8-10-16/h4-11H,3,12H2,1-2H3,(H,20,22)(H2,19,21,25). The van der Waals surface area contributed by atoms with Crippen LogP contribution >= 0.6 is 12.2 Å². The maximum absolute atomic E-state index is 11.8. The summed E-state index contributed by atoms with van der Waals surface area (Å²) in [5.74, 6) is 0.956. The Labute approximate surface area is 152 Å². The average molecular weight is 359 g/mol. The summed E-state index contributed by atoms with van der Waals surface area (Å²) in [6.45, 7) is 1.95. The maximum Gasteiger partial charge on any atom is 0.276 e. The molecule has 0 aromatic heterocycles. The number of anilines is 1. The zero-order valence-corrected chi connectivity index (χ0v) is 15.0. The average Bonchev–Trinajstić information content (AvgIpc) is 2.65. The first-order valence-corrected chi connectivity index (χ1v) is 8.23. The first-order valence-electron chi connectivity index (χ1n) is 7.82. The van der Waals surface area contributed by atoms with Gasteiger partial charge in [-0.05, 0) is 60.6 Å². The number of carbonyl (C=O) groups excluding carboxylic acids is 1. The Morgan fingerprint density at radius 2 is 1.80 bits per heavy atom. The summed E-state index contributed by atoms with van der Waals surface area (Å²) in [5, 5.41) is 3.31. The molecule has 0 aliphatic rings. The molecule has 3 N–H and O–H groups in total. The molecular formula is C18H21N3O3S. The fraction of sp³-hybridized carbons (Fsp3) is 0.222. The van der Waals surface area contributed by atoms with Crippen molar-refractivity contribution in [2.24, 2.45) is 0 Å². The van der Waals surface area contributed by atoms with E-state index in [4.69, 9.17) is 21.7 Å². The van der Waals surface area contributed by atoms with Crippen LogP contribution in [-0.4, -0.2) is 24.7 Å². The minimum absolute atomic E-state index is 0.132. The van der Waals surface area contributed by atoms with Gasteiger partial charge in [-0.3, -0.25) is 15.6 Å². The molecule has 2 aromatic carbocycles. The van der Waals surface area contributed by atoms with Crippen molar-refractivity contribution in [3.63, 3.8) is 0 Å². The predicted octanol–water partition coefficient (Wildman–Crippen LogP) is 2.65. The SMILES string of the molecule is CCc1cccc(NC(=S)NNC(=O)COc2ccc(OC)cc2)c1. The van der Waals surface area contributed by atoms with Crippen LogP contribution in [0.3, 0.4) is 0 Å². The fourth-order valence-corrected chi connectivity index (χ4v) is 2.18. The summed E-state index contributed by atoms with van der Waals surface area (Å²) in [7, 11) is 1.59. The van der Waals surface area contributed by atoms with E-state index in [1.807, 2.05) is 24.3 Å². The van der Waals surface area contributed by atoms with Crippen LogP contribution in [-0.2, 0) is 11.2 Å². The lowest BCUT2D eigenvalue weighted by atomic mass is 10.1. The van der Waals surface area contributed by atoms with Gasteiger partial charge >= 0.3 is 0 Å². The first-order chi connectivity index (χ1) is 12.1. The van der Waals surface area contributed by atoms with E-state index in [1.54, 1.807) is 31.4 Å². The lowest BCUT2D eigenvalue weighted by Gasteiger charge is -2.12. The molecule has 0 aliphatic carbocycles. The van der Waals surface area contributed by atoms with Crippen LogP contribution in [0.2, 0.25) is 0 Å². The number of hydrogen-bond acceptors (Lipinski definition) is 4. The predicted molar refractivity (Wildman–Crippen MR) is 102 cm³/mol. The van der Waals surface area contributed by atoms with Crippen molar-refractivity contribution in [1.82, 2.24) is 10.9 Å². The second kappa shape index (κ2) is 9.48. The number of nitrogens with one attached hydrogen (secondary N) is 3. The Bertz CT molecular complexity index is 720. The summed E-state index contributed by atoms with van der Waals surface area (Å²) in [6.07, 6.45) is 0.940. The molecular weight excluding hydrogens is 338 g/mol. The minimum Gasteiger partial charge on any atom is -0.497 e. The number of hydrazine groups is 1. The van der Waals surface area contributed by atoms with Crippen molar-refractivity contribution >= 4 is 28.9 Å². The molecule has 0 fully saturated rings. The van der Waals surface area contributed by atoms with Gasteiger partial charge in [0, 0.05) is 5.69 Å². The van der Waals surface area contributed by atoms with E-state index in [0.29, 0.717) is 10.9 Å². The Kier molecular flexibility index (Phi) is 7.03. The number of thiocarbonyl (C=S) groups is 1. The van der Waals surface area contributed by atoms with E-state index in [1.165, 1.54) is 5.56 Å². The first kappa shape index (κ1) is 18.5. The molecule has 0 bridgehead atoms. The summed E-state index contributed by atoms with van der Waals surface area (Å²) in [5.41, 5.74) is 7.19. The van der Waals surface area contributed by atoms with Gasteiger partial charge in [-0.1, -0.05) is 19.1 Å². The quantitative estimate of drug-likeness (QED) is 0.544. The molecule has 0 aliphatic heterocycles. The summed E-state index contributed by atoms with van der Waals surface area (Å²) < 4.78 is 10.4. The number of carbonyl (C=O) groups is 1.